The van der Waals surface area contributed by atoms with E-state index < -0.39 is 0 Å². The molecule has 0 unspecified atom stereocenters. The Morgan fingerprint density at radius 2 is 1.77 bits per heavy atom. The first-order chi connectivity index (χ1) is 12.7. The Labute approximate surface area is 147 Å². The van der Waals surface area contributed by atoms with E-state index in [9.17, 15) is 9.90 Å². The number of furan rings is 1. The molecule has 0 aliphatic heterocycles. The van der Waals surface area contributed by atoms with E-state index in [1.54, 1.807) is 48.5 Å². The van der Waals surface area contributed by atoms with E-state index in [1.165, 1.54) is 18.4 Å². The van der Waals surface area contributed by atoms with Gasteiger partial charge >= 0.3 is 0 Å². The van der Waals surface area contributed by atoms with Gasteiger partial charge in [-0.05, 0) is 54.6 Å². The topological polar surface area (TPSA) is 101 Å². The van der Waals surface area contributed by atoms with Crippen molar-refractivity contribution in [3.8, 4) is 28.9 Å². The van der Waals surface area contributed by atoms with E-state index in [0.717, 1.165) is 0 Å². The number of phenols is 1. The Morgan fingerprint density at radius 1 is 0.962 bits per heavy atom. The van der Waals surface area contributed by atoms with Crippen molar-refractivity contribution >= 4 is 11.6 Å². The Morgan fingerprint density at radius 3 is 2.54 bits per heavy atom. The minimum atomic E-state index is -0.288. The van der Waals surface area contributed by atoms with Gasteiger partial charge in [0.2, 0.25) is 5.89 Å². The highest BCUT2D eigenvalue weighted by atomic mass is 16.4. The predicted octanol–water partition coefficient (Wildman–Crippen LogP) is 3.95. The van der Waals surface area contributed by atoms with Gasteiger partial charge in [0.1, 0.15) is 5.75 Å². The zero-order valence-corrected chi connectivity index (χ0v) is 13.4. The quantitative estimate of drug-likeness (QED) is 0.579. The van der Waals surface area contributed by atoms with Crippen molar-refractivity contribution in [2.75, 3.05) is 5.32 Å². The average molecular weight is 347 g/mol. The van der Waals surface area contributed by atoms with Crippen molar-refractivity contribution in [1.29, 1.82) is 0 Å². The number of carbonyl (C=O) groups is 1. The minimum Gasteiger partial charge on any atom is -0.508 e. The lowest BCUT2D eigenvalue weighted by Crippen LogP contribution is -2.11. The molecular formula is C19H13N3O4. The van der Waals surface area contributed by atoms with Crippen molar-refractivity contribution in [1.82, 2.24) is 10.2 Å². The number of aromatic hydroxyl groups is 1. The monoisotopic (exact) mass is 347 g/mol. The third-order valence-corrected chi connectivity index (χ3v) is 3.65. The summed E-state index contributed by atoms with van der Waals surface area (Å²) in [4.78, 5) is 12.3. The summed E-state index contributed by atoms with van der Waals surface area (Å²) < 4.78 is 10.8. The predicted molar refractivity (Wildman–Crippen MR) is 93.5 cm³/mol. The second-order valence-corrected chi connectivity index (χ2v) is 5.47. The second-order valence-electron chi connectivity index (χ2n) is 5.47. The van der Waals surface area contributed by atoms with E-state index in [0.29, 0.717) is 28.5 Å². The molecule has 0 bridgehead atoms. The summed E-state index contributed by atoms with van der Waals surface area (Å²) in [6.07, 6.45) is 1.53. The third kappa shape index (κ3) is 3.18. The summed E-state index contributed by atoms with van der Waals surface area (Å²) in [5.41, 5.74) is 1.68. The fraction of sp³-hybridized carbons (Fsp3) is 0. The summed E-state index contributed by atoms with van der Waals surface area (Å²) in [6.45, 7) is 0. The molecule has 2 heterocycles. The number of anilines is 1. The molecule has 4 aromatic rings. The number of rotatable bonds is 4. The first-order valence-corrected chi connectivity index (χ1v) is 7.77. The van der Waals surface area contributed by atoms with Gasteiger partial charge in [-0.25, -0.2) is 0 Å². The first-order valence-electron chi connectivity index (χ1n) is 7.77. The largest absolute Gasteiger partial charge is 0.508 e. The fourth-order valence-electron chi connectivity index (χ4n) is 2.39. The van der Waals surface area contributed by atoms with Crippen LogP contribution in [-0.2, 0) is 0 Å². The van der Waals surface area contributed by atoms with Crippen LogP contribution in [0.3, 0.4) is 0 Å². The normalized spacial score (nSPS) is 10.6. The Hall–Kier alpha value is -3.87. The average Bonchev–Trinajstić information content (AvgIpc) is 3.34. The van der Waals surface area contributed by atoms with Crippen LogP contribution in [0.2, 0.25) is 0 Å². The molecule has 7 nitrogen and oxygen atoms in total. The van der Waals surface area contributed by atoms with Crippen LogP contribution in [0.5, 0.6) is 5.75 Å². The Balaban J connectivity index is 1.55. The summed E-state index contributed by atoms with van der Waals surface area (Å²) in [5.74, 6) is 0.900. The van der Waals surface area contributed by atoms with Gasteiger partial charge in [-0.2, -0.15) is 0 Å². The van der Waals surface area contributed by atoms with Crippen LogP contribution < -0.4 is 5.32 Å². The van der Waals surface area contributed by atoms with Gasteiger partial charge in [0.15, 0.2) is 5.76 Å². The van der Waals surface area contributed by atoms with Crippen LogP contribution in [0, 0.1) is 0 Å². The number of hydrogen-bond acceptors (Lipinski definition) is 6. The number of hydrogen-bond donors (Lipinski definition) is 2. The number of nitrogens with one attached hydrogen (secondary N) is 1. The molecule has 26 heavy (non-hydrogen) atoms. The number of amides is 1. The summed E-state index contributed by atoms with van der Waals surface area (Å²) >= 11 is 0. The highest BCUT2D eigenvalue weighted by Crippen LogP contribution is 2.26. The molecule has 2 N–H and O–H groups in total. The zero-order valence-electron chi connectivity index (χ0n) is 13.4. The maximum Gasteiger partial charge on any atom is 0.283 e. The molecule has 0 saturated heterocycles. The molecule has 2 aromatic carbocycles. The van der Waals surface area contributed by atoms with Crippen LogP contribution >= 0.6 is 0 Å². The zero-order chi connectivity index (χ0) is 17.9. The van der Waals surface area contributed by atoms with Crippen molar-refractivity contribution < 1.29 is 18.7 Å². The maximum absolute atomic E-state index is 12.3. The van der Waals surface area contributed by atoms with Gasteiger partial charge in [0, 0.05) is 16.8 Å². The Kier molecular flexibility index (Phi) is 3.95. The summed E-state index contributed by atoms with van der Waals surface area (Å²) in [5, 5.41) is 20.1. The van der Waals surface area contributed by atoms with Crippen molar-refractivity contribution in [3.05, 3.63) is 72.5 Å². The van der Waals surface area contributed by atoms with Crippen LogP contribution in [0.1, 0.15) is 10.4 Å². The molecule has 128 valence electrons. The highest BCUT2D eigenvalue weighted by molar-refractivity contribution is 6.04. The lowest BCUT2D eigenvalue weighted by Gasteiger charge is -2.06. The number of carbonyl (C=O) groups excluding carboxylic acids is 1. The lowest BCUT2D eigenvalue weighted by molar-refractivity contribution is 0.102. The van der Waals surface area contributed by atoms with Gasteiger partial charge in [-0.3, -0.25) is 4.79 Å². The third-order valence-electron chi connectivity index (χ3n) is 3.65. The standard InChI is InChI=1S/C19H13N3O4/c23-15-8-6-12(7-9-15)17(24)20-14-4-1-3-13(11-14)18-21-22-19(26-18)16-5-2-10-25-16/h1-11,23H,(H,20,24). The van der Waals surface area contributed by atoms with E-state index in [4.69, 9.17) is 8.83 Å². The van der Waals surface area contributed by atoms with Gasteiger partial charge in [0.25, 0.3) is 11.8 Å². The van der Waals surface area contributed by atoms with Crippen molar-refractivity contribution in [2.24, 2.45) is 0 Å². The van der Waals surface area contributed by atoms with E-state index >= 15 is 0 Å². The van der Waals surface area contributed by atoms with Crippen LogP contribution in [0.25, 0.3) is 23.1 Å². The first kappa shape index (κ1) is 15.6. The van der Waals surface area contributed by atoms with Crippen LogP contribution in [0.15, 0.2) is 75.8 Å². The molecule has 0 saturated carbocycles. The molecule has 0 fully saturated rings. The van der Waals surface area contributed by atoms with Gasteiger partial charge in [-0.1, -0.05) is 6.07 Å². The van der Waals surface area contributed by atoms with Crippen molar-refractivity contribution in [3.63, 3.8) is 0 Å². The van der Waals surface area contributed by atoms with Gasteiger partial charge < -0.3 is 19.3 Å². The molecular weight excluding hydrogens is 334 g/mol. The summed E-state index contributed by atoms with van der Waals surface area (Å²) in [6, 6.07) is 16.5. The molecule has 0 aliphatic carbocycles. The number of aromatic nitrogens is 2. The van der Waals surface area contributed by atoms with Crippen LogP contribution in [0.4, 0.5) is 5.69 Å². The van der Waals surface area contributed by atoms with E-state index in [1.807, 2.05) is 0 Å². The van der Waals surface area contributed by atoms with Crippen LogP contribution in [-0.4, -0.2) is 21.2 Å². The number of benzene rings is 2. The van der Waals surface area contributed by atoms with Gasteiger partial charge in [0.05, 0.1) is 6.26 Å². The lowest BCUT2D eigenvalue weighted by atomic mass is 10.1. The molecule has 2 aromatic heterocycles. The number of phenolic OH excluding ortho intramolecular Hbond substituents is 1. The Bertz CT molecular complexity index is 1040. The number of nitrogens with zero attached hydrogens (tertiary/aromatic N) is 2. The molecule has 0 atom stereocenters. The molecule has 4 rings (SSSR count). The van der Waals surface area contributed by atoms with Crippen molar-refractivity contribution in [2.45, 2.75) is 0 Å². The fourth-order valence-corrected chi connectivity index (χ4v) is 2.39. The highest BCUT2D eigenvalue weighted by Gasteiger charge is 2.13. The maximum atomic E-state index is 12.3. The molecule has 0 radical (unpaired) electrons. The molecule has 0 aliphatic rings. The molecule has 7 heteroatoms. The minimum absolute atomic E-state index is 0.104. The van der Waals surface area contributed by atoms with Gasteiger partial charge in [-0.15, -0.1) is 10.2 Å². The summed E-state index contributed by atoms with van der Waals surface area (Å²) in [7, 11) is 0. The van der Waals surface area contributed by atoms with E-state index in [2.05, 4.69) is 15.5 Å². The second kappa shape index (κ2) is 6.56. The SMILES string of the molecule is O=C(Nc1cccc(-c2nnc(-c3ccco3)o2)c1)c1ccc(O)cc1. The smallest absolute Gasteiger partial charge is 0.283 e. The molecule has 1 amide bonds. The van der Waals surface area contributed by atoms with E-state index in [-0.39, 0.29) is 17.5 Å². The molecule has 0 spiro atoms.